The van der Waals surface area contributed by atoms with Gasteiger partial charge in [0.05, 0.1) is 6.07 Å². The second-order valence-corrected chi connectivity index (χ2v) is 4.93. The van der Waals surface area contributed by atoms with Crippen LogP contribution in [0.3, 0.4) is 0 Å². The number of nitriles is 1. The van der Waals surface area contributed by atoms with Crippen LogP contribution in [0.15, 0.2) is 30.3 Å². The highest BCUT2D eigenvalue weighted by Gasteiger charge is 2.32. The number of carbonyl (C=O) groups is 1. The molecule has 0 atom stereocenters. The summed E-state index contributed by atoms with van der Waals surface area (Å²) in [7, 11) is 0. The van der Waals surface area contributed by atoms with Crippen molar-refractivity contribution in [1.82, 2.24) is 5.32 Å². The van der Waals surface area contributed by atoms with Gasteiger partial charge in [0.15, 0.2) is 0 Å². The summed E-state index contributed by atoms with van der Waals surface area (Å²) in [6, 6.07) is 11.4. The molecule has 1 aliphatic carbocycles. The zero-order valence-corrected chi connectivity index (χ0v) is 10.5. The first-order valence-corrected chi connectivity index (χ1v) is 6.55. The van der Waals surface area contributed by atoms with Crippen molar-refractivity contribution >= 4 is 5.91 Å². The molecule has 0 spiro atoms. The Morgan fingerprint density at radius 3 is 2.28 bits per heavy atom. The fraction of sp³-hybridized carbons (Fsp3) is 0.467. The molecule has 3 heteroatoms. The summed E-state index contributed by atoms with van der Waals surface area (Å²) in [6.07, 6.45) is 5.88. The molecule has 0 unspecified atom stereocenters. The highest BCUT2D eigenvalue weighted by molar-refractivity contribution is 5.94. The molecule has 0 aromatic heterocycles. The van der Waals surface area contributed by atoms with E-state index in [1.807, 2.05) is 18.2 Å². The highest BCUT2D eigenvalue weighted by atomic mass is 16.1. The van der Waals surface area contributed by atoms with Crippen molar-refractivity contribution in [3.63, 3.8) is 0 Å². The minimum atomic E-state index is -0.663. The maximum atomic E-state index is 12.1. The highest BCUT2D eigenvalue weighted by Crippen LogP contribution is 2.26. The number of nitrogens with one attached hydrogen (secondary N) is 1. The van der Waals surface area contributed by atoms with Gasteiger partial charge in [0.25, 0.3) is 5.91 Å². The van der Waals surface area contributed by atoms with Crippen LogP contribution in [0.2, 0.25) is 0 Å². The molecule has 2 rings (SSSR count). The second kappa shape index (κ2) is 5.68. The molecule has 94 valence electrons. The Bertz CT molecular complexity index is 439. The van der Waals surface area contributed by atoms with Crippen LogP contribution in [-0.4, -0.2) is 11.4 Å². The number of rotatable bonds is 2. The fourth-order valence-electron chi connectivity index (χ4n) is 2.48. The van der Waals surface area contributed by atoms with Gasteiger partial charge >= 0.3 is 0 Å². The Labute approximate surface area is 108 Å². The van der Waals surface area contributed by atoms with Gasteiger partial charge in [-0.1, -0.05) is 43.9 Å². The molecule has 1 aromatic carbocycles. The Kier molecular flexibility index (Phi) is 3.99. The van der Waals surface area contributed by atoms with Gasteiger partial charge in [0, 0.05) is 5.56 Å². The van der Waals surface area contributed by atoms with Crippen LogP contribution in [0.5, 0.6) is 0 Å². The van der Waals surface area contributed by atoms with E-state index < -0.39 is 5.54 Å². The largest absolute Gasteiger partial charge is 0.334 e. The van der Waals surface area contributed by atoms with Gasteiger partial charge in [-0.3, -0.25) is 4.79 Å². The van der Waals surface area contributed by atoms with Crippen molar-refractivity contribution in [1.29, 1.82) is 5.26 Å². The van der Waals surface area contributed by atoms with E-state index in [1.54, 1.807) is 12.1 Å². The molecule has 0 radical (unpaired) electrons. The van der Waals surface area contributed by atoms with Crippen molar-refractivity contribution in [3.05, 3.63) is 35.9 Å². The standard InChI is InChI=1S/C15H18N2O/c16-12-15(10-6-1-2-7-11-15)17-14(18)13-8-4-3-5-9-13/h3-5,8-9H,1-2,6-7,10-11H2,(H,17,18). The average Bonchev–Trinajstić information content (AvgIpc) is 2.66. The Morgan fingerprint density at radius 2 is 1.72 bits per heavy atom. The summed E-state index contributed by atoms with van der Waals surface area (Å²) < 4.78 is 0. The van der Waals surface area contributed by atoms with Crippen LogP contribution in [0.4, 0.5) is 0 Å². The fourth-order valence-corrected chi connectivity index (χ4v) is 2.48. The van der Waals surface area contributed by atoms with E-state index in [4.69, 9.17) is 0 Å². The Morgan fingerprint density at radius 1 is 1.11 bits per heavy atom. The van der Waals surface area contributed by atoms with Crippen molar-refractivity contribution in [2.75, 3.05) is 0 Å². The van der Waals surface area contributed by atoms with E-state index in [2.05, 4.69) is 11.4 Å². The molecule has 0 saturated heterocycles. The number of benzene rings is 1. The van der Waals surface area contributed by atoms with Gasteiger partial charge in [-0.05, 0) is 25.0 Å². The molecule has 0 aliphatic heterocycles. The molecule has 1 N–H and O–H groups in total. The topological polar surface area (TPSA) is 52.9 Å². The van der Waals surface area contributed by atoms with Gasteiger partial charge in [-0.2, -0.15) is 5.26 Å². The second-order valence-electron chi connectivity index (χ2n) is 4.93. The third-order valence-corrected chi connectivity index (χ3v) is 3.56. The van der Waals surface area contributed by atoms with Crippen molar-refractivity contribution < 1.29 is 4.79 Å². The summed E-state index contributed by atoms with van der Waals surface area (Å²) in [4.78, 5) is 12.1. The minimum Gasteiger partial charge on any atom is -0.334 e. The lowest BCUT2D eigenvalue weighted by atomic mass is 9.91. The smallest absolute Gasteiger partial charge is 0.252 e. The maximum Gasteiger partial charge on any atom is 0.252 e. The molecule has 1 fully saturated rings. The SMILES string of the molecule is N#CC1(NC(=O)c2ccccc2)CCCCCC1. The van der Waals surface area contributed by atoms with Gasteiger partial charge < -0.3 is 5.32 Å². The average molecular weight is 242 g/mol. The van der Waals surface area contributed by atoms with E-state index in [-0.39, 0.29) is 5.91 Å². The number of hydrogen-bond acceptors (Lipinski definition) is 2. The van der Waals surface area contributed by atoms with Crippen molar-refractivity contribution in [3.8, 4) is 6.07 Å². The third-order valence-electron chi connectivity index (χ3n) is 3.56. The molecule has 0 heterocycles. The molecule has 1 aliphatic rings. The lowest BCUT2D eigenvalue weighted by molar-refractivity contribution is 0.0913. The van der Waals surface area contributed by atoms with Gasteiger partial charge in [0.1, 0.15) is 5.54 Å². The predicted octanol–water partition coefficient (Wildman–Crippen LogP) is 3.03. The molecule has 3 nitrogen and oxygen atoms in total. The molecular formula is C15H18N2O. The molecule has 0 bridgehead atoms. The van der Waals surface area contributed by atoms with Crippen LogP contribution in [0.25, 0.3) is 0 Å². The van der Waals surface area contributed by atoms with Crippen molar-refractivity contribution in [2.45, 2.75) is 44.1 Å². The minimum absolute atomic E-state index is 0.140. The van der Waals surface area contributed by atoms with E-state index in [1.165, 1.54) is 0 Å². The van der Waals surface area contributed by atoms with E-state index >= 15 is 0 Å². The monoisotopic (exact) mass is 242 g/mol. The first-order chi connectivity index (χ1) is 8.76. The summed E-state index contributed by atoms with van der Waals surface area (Å²) >= 11 is 0. The summed E-state index contributed by atoms with van der Waals surface area (Å²) in [5.74, 6) is -0.140. The lowest BCUT2D eigenvalue weighted by Crippen LogP contribution is -2.47. The first-order valence-electron chi connectivity index (χ1n) is 6.55. The normalized spacial score (nSPS) is 18.4. The van der Waals surface area contributed by atoms with Crippen LogP contribution in [0.1, 0.15) is 48.9 Å². The zero-order valence-electron chi connectivity index (χ0n) is 10.5. The zero-order chi connectivity index (χ0) is 12.8. The quantitative estimate of drug-likeness (QED) is 0.810. The summed E-state index contributed by atoms with van der Waals surface area (Å²) in [6.45, 7) is 0. The van der Waals surface area contributed by atoms with Crippen LogP contribution in [0, 0.1) is 11.3 Å². The molecule has 1 amide bonds. The van der Waals surface area contributed by atoms with E-state index in [0.717, 1.165) is 38.5 Å². The number of nitrogens with zero attached hydrogens (tertiary/aromatic N) is 1. The Hall–Kier alpha value is -1.82. The molecule has 1 saturated carbocycles. The number of hydrogen-bond donors (Lipinski definition) is 1. The van der Waals surface area contributed by atoms with E-state index in [0.29, 0.717) is 5.56 Å². The predicted molar refractivity (Wildman–Crippen MR) is 70.0 cm³/mol. The van der Waals surface area contributed by atoms with Gasteiger partial charge in [-0.25, -0.2) is 0 Å². The maximum absolute atomic E-state index is 12.1. The van der Waals surface area contributed by atoms with Crippen LogP contribution in [-0.2, 0) is 0 Å². The molecular weight excluding hydrogens is 224 g/mol. The summed E-state index contributed by atoms with van der Waals surface area (Å²) in [5, 5.41) is 12.3. The first kappa shape index (κ1) is 12.6. The third kappa shape index (κ3) is 2.89. The number of amides is 1. The van der Waals surface area contributed by atoms with Crippen LogP contribution < -0.4 is 5.32 Å². The lowest BCUT2D eigenvalue weighted by Gasteiger charge is -2.26. The van der Waals surface area contributed by atoms with Crippen molar-refractivity contribution in [2.24, 2.45) is 0 Å². The Balaban J connectivity index is 2.11. The van der Waals surface area contributed by atoms with Gasteiger partial charge in [-0.15, -0.1) is 0 Å². The molecule has 18 heavy (non-hydrogen) atoms. The number of carbonyl (C=O) groups excluding carboxylic acids is 1. The van der Waals surface area contributed by atoms with Crippen LogP contribution >= 0.6 is 0 Å². The van der Waals surface area contributed by atoms with E-state index in [9.17, 15) is 10.1 Å². The van der Waals surface area contributed by atoms with Gasteiger partial charge in [0.2, 0.25) is 0 Å². The summed E-state index contributed by atoms with van der Waals surface area (Å²) in [5.41, 5.74) is -0.0416. The molecule has 1 aromatic rings.